The van der Waals surface area contributed by atoms with Crippen molar-refractivity contribution in [3.63, 3.8) is 0 Å². The molecule has 0 unspecified atom stereocenters. The molecule has 1 aromatic carbocycles. The molecule has 1 amide bonds. The summed E-state index contributed by atoms with van der Waals surface area (Å²) in [5.41, 5.74) is 6.86. The highest BCUT2D eigenvalue weighted by Gasteiger charge is 2.15. The highest BCUT2D eigenvalue weighted by molar-refractivity contribution is 9.11. The van der Waals surface area contributed by atoms with Gasteiger partial charge in [0.15, 0.2) is 0 Å². The Morgan fingerprint density at radius 1 is 1.39 bits per heavy atom. The highest BCUT2D eigenvalue weighted by Crippen LogP contribution is 2.33. The molecule has 0 aliphatic rings. The number of carbonyl (C=O) groups is 1. The first kappa shape index (κ1) is 13.9. The predicted molar refractivity (Wildman–Crippen MR) is 83.5 cm³/mol. The van der Waals surface area contributed by atoms with E-state index in [9.17, 15) is 4.79 Å². The average molecular weight is 411 g/mol. The van der Waals surface area contributed by atoms with E-state index in [-0.39, 0.29) is 5.91 Å². The van der Waals surface area contributed by atoms with Gasteiger partial charge in [-0.1, -0.05) is 27.5 Å². The van der Waals surface area contributed by atoms with E-state index in [0.29, 0.717) is 25.7 Å². The lowest BCUT2D eigenvalue weighted by Crippen LogP contribution is -2.12. The van der Waals surface area contributed by atoms with E-state index in [4.69, 9.17) is 17.3 Å². The van der Waals surface area contributed by atoms with Gasteiger partial charge < -0.3 is 11.1 Å². The van der Waals surface area contributed by atoms with Crippen molar-refractivity contribution in [3.05, 3.63) is 42.4 Å². The minimum atomic E-state index is -0.273. The van der Waals surface area contributed by atoms with Crippen molar-refractivity contribution in [1.29, 1.82) is 0 Å². The molecule has 94 valence electrons. The van der Waals surface area contributed by atoms with Gasteiger partial charge in [-0.05, 0) is 39.5 Å². The zero-order valence-corrected chi connectivity index (χ0v) is 13.6. The molecule has 2 aromatic rings. The molecule has 7 heteroatoms. The molecule has 0 aliphatic heterocycles. The number of hydrogen-bond donors (Lipinski definition) is 2. The summed E-state index contributed by atoms with van der Waals surface area (Å²) in [5.74, 6) is -0.273. The maximum atomic E-state index is 12.0. The van der Waals surface area contributed by atoms with E-state index >= 15 is 0 Å². The molecule has 3 N–H and O–H groups in total. The molecular weight excluding hydrogens is 403 g/mol. The molecule has 1 heterocycles. The Bertz CT molecular complexity index is 592. The SMILES string of the molecule is Nc1cc(Br)cc(Br)c1NC(=O)c1sccc1Cl. The molecule has 0 spiro atoms. The molecule has 1 aromatic heterocycles. The van der Waals surface area contributed by atoms with Crippen molar-refractivity contribution in [2.75, 3.05) is 11.1 Å². The first-order chi connectivity index (χ1) is 8.49. The number of nitrogens with two attached hydrogens (primary N) is 1. The standard InChI is InChI=1S/C11H7Br2ClN2OS/c12-5-3-6(13)9(8(15)4-5)16-11(17)10-7(14)1-2-18-10/h1-4H,15H2,(H,16,17). The second-order valence-electron chi connectivity index (χ2n) is 3.40. The lowest BCUT2D eigenvalue weighted by atomic mass is 10.2. The molecule has 0 bridgehead atoms. The summed E-state index contributed by atoms with van der Waals surface area (Å²) in [4.78, 5) is 12.5. The van der Waals surface area contributed by atoms with Crippen LogP contribution < -0.4 is 11.1 Å². The molecule has 0 saturated carbocycles. The summed E-state index contributed by atoms with van der Waals surface area (Å²) in [6, 6.07) is 5.21. The number of carbonyl (C=O) groups excluding carboxylic acids is 1. The molecule has 2 rings (SSSR count). The summed E-state index contributed by atoms with van der Waals surface area (Å²) in [6.45, 7) is 0. The fourth-order valence-corrected chi connectivity index (χ4v) is 3.74. The second kappa shape index (κ2) is 5.61. The normalized spacial score (nSPS) is 10.4. The van der Waals surface area contributed by atoms with Gasteiger partial charge in [0.2, 0.25) is 0 Å². The fourth-order valence-electron chi connectivity index (χ4n) is 1.35. The van der Waals surface area contributed by atoms with Crippen molar-refractivity contribution in [3.8, 4) is 0 Å². The number of benzene rings is 1. The van der Waals surface area contributed by atoms with E-state index in [0.717, 1.165) is 4.47 Å². The average Bonchev–Trinajstić information content (AvgIpc) is 2.69. The maximum Gasteiger partial charge on any atom is 0.267 e. The fraction of sp³-hybridized carbons (Fsp3) is 0. The Kier molecular flexibility index (Phi) is 4.32. The largest absolute Gasteiger partial charge is 0.397 e. The number of amides is 1. The van der Waals surface area contributed by atoms with Crippen LogP contribution in [-0.2, 0) is 0 Å². The van der Waals surface area contributed by atoms with Crippen molar-refractivity contribution >= 4 is 72.1 Å². The monoisotopic (exact) mass is 408 g/mol. The number of nitrogens with one attached hydrogen (secondary N) is 1. The van der Waals surface area contributed by atoms with Gasteiger partial charge in [0, 0.05) is 8.95 Å². The Balaban J connectivity index is 2.31. The first-order valence-corrected chi connectivity index (χ1v) is 7.62. The van der Waals surface area contributed by atoms with E-state index < -0.39 is 0 Å². The quantitative estimate of drug-likeness (QED) is 0.702. The number of rotatable bonds is 2. The molecule has 0 aliphatic carbocycles. The van der Waals surface area contributed by atoms with E-state index in [1.54, 1.807) is 17.5 Å². The highest BCUT2D eigenvalue weighted by atomic mass is 79.9. The van der Waals surface area contributed by atoms with Crippen molar-refractivity contribution in [1.82, 2.24) is 0 Å². The molecule has 0 radical (unpaired) electrons. The van der Waals surface area contributed by atoms with E-state index in [1.165, 1.54) is 11.3 Å². The van der Waals surface area contributed by atoms with Crippen molar-refractivity contribution < 1.29 is 4.79 Å². The Labute approximate surface area is 130 Å². The minimum Gasteiger partial charge on any atom is -0.397 e. The number of thiophene rings is 1. The second-order valence-corrected chi connectivity index (χ2v) is 6.50. The Hall–Kier alpha value is -0.560. The van der Waals surface area contributed by atoms with Crippen LogP contribution in [0.5, 0.6) is 0 Å². The Morgan fingerprint density at radius 3 is 2.67 bits per heavy atom. The predicted octanol–water partition coefficient (Wildman–Crippen LogP) is 4.76. The minimum absolute atomic E-state index is 0.273. The van der Waals surface area contributed by atoms with Gasteiger partial charge >= 0.3 is 0 Å². The molecule has 0 saturated heterocycles. The zero-order valence-electron chi connectivity index (χ0n) is 8.84. The van der Waals surface area contributed by atoms with E-state index in [1.807, 2.05) is 6.07 Å². The zero-order chi connectivity index (χ0) is 13.3. The number of hydrogen-bond acceptors (Lipinski definition) is 3. The summed E-state index contributed by atoms with van der Waals surface area (Å²) >= 11 is 13.9. The third-order valence-electron chi connectivity index (χ3n) is 2.15. The lowest BCUT2D eigenvalue weighted by molar-refractivity contribution is 0.103. The summed E-state index contributed by atoms with van der Waals surface area (Å²) < 4.78 is 1.54. The first-order valence-electron chi connectivity index (χ1n) is 4.78. The lowest BCUT2D eigenvalue weighted by Gasteiger charge is -2.10. The van der Waals surface area contributed by atoms with Crippen LogP contribution >= 0.6 is 54.8 Å². The smallest absolute Gasteiger partial charge is 0.267 e. The number of anilines is 2. The summed E-state index contributed by atoms with van der Waals surface area (Å²) in [5, 5.41) is 4.94. The van der Waals surface area contributed by atoms with Crippen LogP contribution in [0, 0.1) is 0 Å². The third-order valence-corrected chi connectivity index (χ3v) is 4.57. The van der Waals surface area contributed by atoms with Gasteiger partial charge in [-0.2, -0.15) is 0 Å². The number of halogens is 3. The van der Waals surface area contributed by atoms with Crippen molar-refractivity contribution in [2.45, 2.75) is 0 Å². The van der Waals surface area contributed by atoms with Crippen LogP contribution in [0.4, 0.5) is 11.4 Å². The Morgan fingerprint density at radius 2 is 2.11 bits per heavy atom. The van der Waals surface area contributed by atoms with E-state index in [2.05, 4.69) is 37.2 Å². The van der Waals surface area contributed by atoms with Gasteiger partial charge in [0.05, 0.1) is 16.4 Å². The van der Waals surface area contributed by atoms with Crippen LogP contribution in [0.25, 0.3) is 0 Å². The third kappa shape index (κ3) is 2.88. The van der Waals surface area contributed by atoms with Gasteiger partial charge in [-0.3, -0.25) is 4.79 Å². The van der Waals surface area contributed by atoms with Crippen LogP contribution in [0.3, 0.4) is 0 Å². The number of nitrogen functional groups attached to an aromatic ring is 1. The summed E-state index contributed by atoms with van der Waals surface area (Å²) in [6.07, 6.45) is 0. The summed E-state index contributed by atoms with van der Waals surface area (Å²) in [7, 11) is 0. The van der Waals surface area contributed by atoms with Crippen LogP contribution in [0.15, 0.2) is 32.5 Å². The van der Waals surface area contributed by atoms with Gasteiger partial charge in [-0.15, -0.1) is 11.3 Å². The molecule has 0 atom stereocenters. The topological polar surface area (TPSA) is 55.1 Å². The van der Waals surface area contributed by atoms with Gasteiger partial charge in [-0.25, -0.2) is 0 Å². The van der Waals surface area contributed by atoms with Crippen molar-refractivity contribution in [2.24, 2.45) is 0 Å². The molecule has 0 fully saturated rings. The van der Waals surface area contributed by atoms with Gasteiger partial charge in [0.1, 0.15) is 4.88 Å². The van der Waals surface area contributed by atoms with Crippen LogP contribution in [0.2, 0.25) is 5.02 Å². The van der Waals surface area contributed by atoms with Gasteiger partial charge in [0.25, 0.3) is 5.91 Å². The molecule has 18 heavy (non-hydrogen) atoms. The van der Waals surface area contributed by atoms with Crippen LogP contribution in [0.1, 0.15) is 9.67 Å². The molecular formula is C11H7Br2ClN2OS. The maximum absolute atomic E-state index is 12.0. The van der Waals surface area contributed by atoms with Crippen LogP contribution in [-0.4, -0.2) is 5.91 Å². The molecule has 3 nitrogen and oxygen atoms in total.